The highest BCUT2D eigenvalue weighted by Crippen LogP contribution is 2.30. The Hall–Kier alpha value is -0.580. The van der Waals surface area contributed by atoms with Crippen molar-refractivity contribution in [2.75, 3.05) is 45.7 Å². The van der Waals surface area contributed by atoms with Crippen LogP contribution in [0.3, 0.4) is 0 Å². The topological polar surface area (TPSA) is 18.5 Å². The van der Waals surface area contributed by atoms with Gasteiger partial charge in [0.2, 0.25) is 0 Å². The number of benzene rings is 1. The third kappa shape index (κ3) is 3.74. The van der Waals surface area contributed by atoms with Crippen molar-refractivity contribution < 1.29 is 0 Å². The Morgan fingerprint density at radius 2 is 2.25 bits per heavy atom. The molecule has 0 bridgehead atoms. The van der Waals surface area contributed by atoms with Crippen LogP contribution >= 0.6 is 15.9 Å². The number of rotatable bonds is 5. The molecule has 1 aromatic rings. The minimum absolute atomic E-state index is 0.383. The lowest BCUT2D eigenvalue weighted by Gasteiger charge is -2.25. The number of anilines is 1. The van der Waals surface area contributed by atoms with E-state index < -0.39 is 0 Å². The van der Waals surface area contributed by atoms with Gasteiger partial charge in [-0.15, -0.1) is 0 Å². The second-order valence-corrected chi connectivity index (χ2v) is 6.87. The van der Waals surface area contributed by atoms with E-state index >= 15 is 0 Å². The zero-order valence-electron chi connectivity index (χ0n) is 13.0. The summed E-state index contributed by atoms with van der Waals surface area (Å²) in [6.07, 6.45) is 1.31. The minimum Gasteiger partial charge on any atom is -0.373 e. The fourth-order valence-electron chi connectivity index (χ4n) is 2.93. The Kier molecular flexibility index (Phi) is 5.47. The highest BCUT2D eigenvalue weighted by atomic mass is 79.9. The number of nitrogens with zero attached hydrogens (tertiary/aromatic N) is 2. The van der Waals surface area contributed by atoms with Crippen molar-refractivity contribution in [2.45, 2.75) is 19.4 Å². The molecule has 1 N–H and O–H groups in total. The van der Waals surface area contributed by atoms with Crippen molar-refractivity contribution in [3.63, 3.8) is 0 Å². The molecule has 0 spiro atoms. The summed E-state index contributed by atoms with van der Waals surface area (Å²) in [6.45, 7) is 5.76. The summed E-state index contributed by atoms with van der Waals surface area (Å²) in [4.78, 5) is 4.80. The predicted octanol–water partition coefficient (Wildman–Crippen LogP) is 3.12. The zero-order chi connectivity index (χ0) is 14.7. The smallest absolute Gasteiger partial charge is 0.0508 e. The van der Waals surface area contributed by atoms with Gasteiger partial charge in [0.05, 0.1) is 5.69 Å². The Labute approximate surface area is 131 Å². The Morgan fingerprint density at radius 3 is 2.80 bits per heavy atom. The molecule has 1 aliphatic heterocycles. The average molecular weight is 340 g/mol. The quantitative estimate of drug-likeness (QED) is 0.889. The van der Waals surface area contributed by atoms with Crippen molar-refractivity contribution in [1.29, 1.82) is 0 Å². The van der Waals surface area contributed by atoms with E-state index in [-0.39, 0.29) is 0 Å². The molecule has 1 saturated heterocycles. The van der Waals surface area contributed by atoms with Crippen molar-refractivity contribution in [1.82, 2.24) is 10.2 Å². The van der Waals surface area contributed by atoms with Crippen molar-refractivity contribution >= 4 is 21.6 Å². The summed E-state index contributed by atoms with van der Waals surface area (Å²) in [5, 5.41) is 3.28. The maximum Gasteiger partial charge on any atom is 0.0508 e. The zero-order valence-corrected chi connectivity index (χ0v) is 14.6. The molecular formula is C16H26BrN3. The molecule has 20 heavy (non-hydrogen) atoms. The lowest BCUT2D eigenvalue weighted by atomic mass is 10.1. The largest absolute Gasteiger partial charge is 0.373 e. The van der Waals surface area contributed by atoms with E-state index in [2.05, 4.69) is 70.3 Å². The summed E-state index contributed by atoms with van der Waals surface area (Å²) in [7, 11) is 6.40. The molecule has 112 valence electrons. The minimum atomic E-state index is 0.383. The molecule has 3 nitrogen and oxygen atoms in total. The Morgan fingerprint density at radius 1 is 1.50 bits per heavy atom. The monoisotopic (exact) mass is 339 g/mol. The van der Waals surface area contributed by atoms with Crippen LogP contribution in [-0.4, -0.2) is 45.7 Å². The Bertz CT molecular complexity index is 449. The van der Waals surface area contributed by atoms with E-state index in [1.807, 2.05) is 7.05 Å². The van der Waals surface area contributed by atoms with Crippen LogP contribution in [0.15, 0.2) is 22.7 Å². The van der Waals surface area contributed by atoms with E-state index in [1.54, 1.807) is 0 Å². The van der Waals surface area contributed by atoms with Gasteiger partial charge in [0.1, 0.15) is 0 Å². The summed E-state index contributed by atoms with van der Waals surface area (Å²) in [5.74, 6) is 0.785. The summed E-state index contributed by atoms with van der Waals surface area (Å²) >= 11 is 3.73. The van der Waals surface area contributed by atoms with Crippen LogP contribution in [0.5, 0.6) is 0 Å². The number of likely N-dealkylation sites (tertiary alicyclic amines) is 1. The predicted molar refractivity (Wildman–Crippen MR) is 90.5 cm³/mol. The highest BCUT2D eigenvalue weighted by molar-refractivity contribution is 9.10. The third-order valence-corrected chi connectivity index (χ3v) is 4.97. The summed E-state index contributed by atoms with van der Waals surface area (Å²) in [5.41, 5.74) is 2.60. The van der Waals surface area contributed by atoms with Gasteiger partial charge in [0.25, 0.3) is 0 Å². The molecule has 1 fully saturated rings. The van der Waals surface area contributed by atoms with E-state index in [0.29, 0.717) is 6.04 Å². The molecule has 1 aromatic carbocycles. The SMILES string of the molecule is CNC(C)c1ccc(N(C)CC2CCN(C)C2)c(Br)c1. The van der Waals surface area contributed by atoms with E-state index in [1.165, 1.54) is 35.2 Å². The fraction of sp³-hybridized carbons (Fsp3) is 0.625. The van der Waals surface area contributed by atoms with Crippen LogP contribution in [0.25, 0.3) is 0 Å². The second-order valence-electron chi connectivity index (χ2n) is 6.02. The third-order valence-electron chi connectivity index (χ3n) is 4.34. The first-order valence-electron chi connectivity index (χ1n) is 7.37. The molecule has 2 unspecified atom stereocenters. The molecule has 2 atom stereocenters. The molecule has 0 saturated carbocycles. The van der Waals surface area contributed by atoms with Crippen LogP contribution < -0.4 is 10.2 Å². The molecule has 4 heteroatoms. The molecule has 0 aromatic heterocycles. The summed E-state index contributed by atoms with van der Waals surface area (Å²) in [6, 6.07) is 7.06. The van der Waals surface area contributed by atoms with Gasteiger partial charge in [-0.2, -0.15) is 0 Å². The van der Waals surface area contributed by atoms with Crippen LogP contribution in [0, 0.1) is 5.92 Å². The summed E-state index contributed by atoms with van der Waals surface area (Å²) < 4.78 is 1.19. The van der Waals surface area contributed by atoms with Crippen molar-refractivity contribution in [3.8, 4) is 0 Å². The van der Waals surface area contributed by atoms with Gasteiger partial charge in [-0.25, -0.2) is 0 Å². The molecule has 1 aliphatic rings. The van der Waals surface area contributed by atoms with Gasteiger partial charge < -0.3 is 15.1 Å². The van der Waals surface area contributed by atoms with E-state index in [0.717, 1.165) is 12.5 Å². The van der Waals surface area contributed by atoms with Crippen LogP contribution in [0.4, 0.5) is 5.69 Å². The lowest BCUT2D eigenvalue weighted by Crippen LogP contribution is -2.27. The van der Waals surface area contributed by atoms with Gasteiger partial charge in [-0.3, -0.25) is 0 Å². The van der Waals surface area contributed by atoms with Gasteiger partial charge in [0.15, 0.2) is 0 Å². The van der Waals surface area contributed by atoms with Crippen LogP contribution in [0.1, 0.15) is 24.9 Å². The second kappa shape index (κ2) is 6.92. The van der Waals surface area contributed by atoms with Crippen LogP contribution in [0.2, 0.25) is 0 Å². The molecular weight excluding hydrogens is 314 g/mol. The van der Waals surface area contributed by atoms with Crippen molar-refractivity contribution in [2.24, 2.45) is 5.92 Å². The number of nitrogens with one attached hydrogen (secondary N) is 1. The normalized spacial score (nSPS) is 21.1. The van der Waals surface area contributed by atoms with E-state index in [9.17, 15) is 0 Å². The van der Waals surface area contributed by atoms with Crippen LogP contribution in [-0.2, 0) is 0 Å². The lowest BCUT2D eigenvalue weighted by molar-refractivity contribution is 0.396. The highest BCUT2D eigenvalue weighted by Gasteiger charge is 2.21. The van der Waals surface area contributed by atoms with E-state index in [4.69, 9.17) is 0 Å². The first-order chi connectivity index (χ1) is 9.51. The molecule has 0 amide bonds. The number of halogens is 1. The molecule has 1 heterocycles. The van der Waals surface area contributed by atoms with Gasteiger partial charge >= 0.3 is 0 Å². The first kappa shape index (κ1) is 15.8. The average Bonchev–Trinajstić information content (AvgIpc) is 2.82. The van der Waals surface area contributed by atoms with Gasteiger partial charge in [-0.1, -0.05) is 6.07 Å². The number of hydrogen-bond acceptors (Lipinski definition) is 3. The maximum absolute atomic E-state index is 3.73. The standard InChI is InChI=1S/C16H26BrN3/c1-12(18-2)14-5-6-16(15(17)9-14)20(4)11-13-7-8-19(3)10-13/h5-6,9,12-13,18H,7-8,10-11H2,1-4H3. The van der Waals surface area contributed by atoms with Gasteiger partial charge in [-0.05, 0) is 73.5 Å². The fourth-order valence-corrected chi connectivity index (χ4v) is 3.63. The molecule has 0 radical (unpaired) electrons. The first-order valence-corrected chi connectivity index (χ1v) is 8.17. The maximum atomic E-state index is 3.73. The molecule has 0 aliphatic carbocycles. The van der Waals surface area contributed by atoms with Gasteiger partial charge in [0, 0.05) is 30.7 Å². The molecule has 2 rings (SSSR count). The number of hydrogen-bond donors (Lipinski definition) is 1. The van der Waals surface area contributed by atoms with Crippen molar-refractivity contribution in [3.05, 3.63) is 28.2 Å². The Balaban J connectivity index is 2.04.